The highest BCUT2D eigenvalue weighted by Gasteiger charge is 2.23. The first-order valence-electron chi connectivity index (χ1n) is 8.41. The van der Waals surface area contributed by atoms with E-state index in [0.29, 0.717) is 5.92 Å². The summed E-state index contributed by atoms with van der Waals surface area (Å²) in [7, 11) is 0. The lowest BCUT2D eigenvalue weighted by molar-refractivity contribution is 0.658. The fourth-order valence-electron chi connectivity index (χ4n) is 2.44. The number of allylic oxidation sites excluding steroid dienone is 8. The van der Waals surface area contributed by atoms with Gasteiger partial charge in [0, 0.05) is 4.75 Å². The molecular weight excluding hydrogens is 335 g/mol. The molecule has 2 rings (SSSR count). The van der Waals surface area contributed by atoms with Crippen molar-refractivity contribution in [2.24, 2.45) is 5.92 Å². The van der Waals surface area contributed by atoms with Crippen LogP contribution in [0.15, 0.2) is 71.7 Å². The van der Waals surface area contributed by atoms with Gasteiger partial charge in [-0.3, -0.25) is 0 Å². The molecule has 0 bridgehead atoms. The summed E-state index contributed by atoms with van der Waals surface area (Å²) in [6.07, 6.45) is 19.8. The van der Waals surface area contributed by atoms with Gasteiger partial charge in [0.25, 0.3) is 0 Å². The SMILES string of the molecule is CC.CSC1(C)C=C(F)C=CC(C2=C/C(C)(S)/C=C\[C@@H](C)/C=C\2)=C1. The summed E-state index contributed by atoms with van der Waals surface area (Å²) in [5, 5.41) is 0. The zero-order valence-electron chi connectivity index (χ0n) is 15.5. The predicted octanol–water partition coefficient (Wildman–Crippen LogP) is 6.86. The Labute approximate surface area is 156 Å². The van der Waals surface area contributed by atoms with Crippen LogP contribution < -0.4 is 0 Å². The largest absolute Gasteiger partial charge is 0.207 e. The minimum atomic E-state index is -0.353. The van der Waals surface area contributed by atoms with Gasteiger partial charge in [0.05, 0.1) is 4.75 Å². The zero-order valence-corrected chi connectivity index (χ0v) is 17.2. The van der Waals surface area contributed by atoms with Crippen LogP contribution in [0.3, 0.4) is 0 Å². The van der Waals surface area contributed by atoms with Gasteiger partial charge in [0.2, 0.25) is 0 Å². The van der Waals surface area contributed by atoms with Crippen LogP contribution in [0, 0.1) is 5.92 Å². The van der Waals surface area contributed by atoms with Crippen molar-refractivity contribution in [3.05, 3.63) is 71.7 Å². The molecule has 0 fully saturated rings. The molecule has 24 heavy (non-hydrogen) atoms. The normalized spacial score (nSPS) is 37.3. The van der Waals surface area contributed by atoms with Gasteiger partial charge in [-0.15, -0.1) is 0 Å². The molecule has 0 radical (unpaired) electrons. The Morgan fingerprint density at radius 1 is 1.00 bits per heavy atom. The maximum Gasteiger partial charge on any atom is 0.120 e. The van der Waals surface area contributed by atoms with Crippen molar-refractivity contribution >= 4 is 24.4 Å². The molecule has 0 aromatic carbocycles. The van der Waals surface area contributed by atoms with Crippen molar-refractivity contribution in [3.63, 3.8) is 0 Å². The predicted molar refractivity (Wildman–Crippen MR) is 113 cm³/mol. The van der Waals surface area contributed by atoms with Crippen LogP contribution in [0.4, 0.5) is 4.39 Å². The fourth-order valence-corrected chi connectivity index (χ4v) is 3.14. The Morgan fingerprint density at radius 3 is 2.25 bits per heavy atom. The molecule has 2 aliphatic rings. The van der Waals surface area contributed by atoms with Crippen molar-refractivity contribution in [2.75, 3.05) is 6.26 Å². The third-order valence-electron chi connectivity index (χ3n) is 3.83. The minimum Gasteiger partial charge on any atom is -0.207 e. The summed E-state index contributed by atoms with van der Waals surface area (Å²) in [4.78, 5) is 0. The molecule has 3 atom stereocenters. The van der Waals surface area contributed by atoms with Crippen molar-refractivity contribution < 1.29 is 4.39 Å². The molecule has 0 aliphatic heterocycles. The van der Waals surface area contributed by atoms with Crippen LogP contribution in [0.1, 0.15) is 34.6 Å². The van der Waals surface area contributed by atoms with Crippen LogP contribution in [-0.2, 0) is 0 Å². The van der Waals surface area contributed by atoms with E-state index < -0.39 is 0 Å². The average Bonchev–Trinajstić information content (AvgIpc) is 2.69. The van der Waals surface area contributed by atoms with Gasteiger partial charge < -0.3 is 0 Å². The molecule has 0 saturated heterocycles. The second-order valence-corrected chi connectivity index (χ2v) is 8.50. The second-order valence-electron chi connectivity index (χ2n) is 6.25. The molecule has 3 heteroatoms. The second kappa shape index (κ2) is 8.96. The van der Waals surface area contributed by atoms with Crippen molar-refractivity contribution in [3.8, 4) is 0 Å². The maximum atomic E-state index is 13.9. The summed E-state index contributed by atoms with van der Waals surface area (Å²) in [5.41, 5.74) is 2.10. The van der Waals surface area contributed by atoms with Crippen LogP contribution in [0.2, 0.25) is 0 Å². The summed E-state index contributed by atoms with van der Waals surface area (Å²) in [5.74, 6) is 0.160. The molecule has 2 aliphatic carbocycles. The quantitative estimate of drug-likeness (QED) is 0.412. The lowest BCUT2D eigenvalue weighted by Gasteiger charge is -2.22. The van der Waals surface area contributed by atoms with Crippen LogP contribution in [-0.4, -0.2) is 15.7 Å². The molecule has 0 aromatic heterocycles. The van der Waals surface area contributed by atoms with E-state index in [1.54, 1.807) is 17.8 Å². The van der Waals surface area contributed by atoms with Crippen LogP contribution in [0.5, 0.6) is 0 Å². The van der Waals surface area contributed by atoms with Crippen LogP contribution >= 0.6 is 24.4 Å². The van der Waals surface area contributed by atoms with Gasteiger partial charge in [-0.2, -0.15) is 24.4 Å². The monoisotopic (exact) mass is 364 g/mol. The highest BCUT2D eigenvalue weighted by atomic mass is 32.2. The van der Waals surface area contributed by atoms with Gasteiger partial charge in [0.1, 0.15) is 5.83 Å². The Bertz CT molecular complexity index is 618. The molecule has 132 valence electrons. The standard InChI is InChI=1S/C19H23FS2.C2H6/c1-14-5-6-15(11-18(2,21)10-9-14)16-7-8-17(20)13-19(3,12-16)22-4;1-2/h5-14,21H,1-4H3;1-2H3/b6-5-,10-9-,15-11+;/t14-,18?,19?;/m0./s1. The molecule has 2 unspecified atom stereocenters. The van der Waals surface area contributed by atoms with Gasteiger partial charge in [-0.25, -0.2) is 4.39 Å². The summed E-state index contributed by atoms with van der Waals surface area (Å²) in [6.45, 7) is 10.2. The number of halogens is 1. The fraction of sp³-hybridized carbons (Fsp3) is 0.429. The first-order valence-corrected chi connectivity index (χ1v) is 10.1. The lowest BCUT2D eigenvalue weighted by Crippen LogP contribution is -2.15. The van der Waals surface area contributed by atoms with E-state index >= 15 is 0 Å². The van der Waals surface area contributed by atoms with E-state index in [4.69, 9.17) is 12.6 Å². The minimum absolute atomic E-state index is 0.194. The average molecular weight is 365 g/mol. The van der Waals surface area contributed by atoms with E-state index in [1.807, 2.05) is 33.1 Å². The molecule has 0 aromatic rings. The highest BCUT2D eigenvalue weighted by Crippen LogP contribution is 2.35. The summed E-state index contributed by atoms with van der Waals surface area (Å²) >= 11 is 6.35. The molecule has 0 N–H and O–H groups in total. The van der Waals surface area contributed by atoms with E-state index in [2.05, 4.69) is 50.3 Å². The topological polar surface area (TPSA) is 0 Å². The Kier molecular flexibility index (Phi) is 7.88. The molecule has 0 heterocycles. The molecular formula is C21H29FS2. The van der Waals surface area contributed by atoms with Gasteiger partial charge >= 0.3 is 0 Å². The highest BCUT2D eigenvalue weighted by molar-refractivity contribution is 8.00. The van der Waals surface area contributed by atoms with Crippen LogP contribution in [0.25, 0.3) is 0 Å². The van der Waals surface area contributed by atoms with Gasteiger partial charge in [0.15, 0.2) is 0 Å². The first kappa shape index (κ1) is 21.1. The van der Waals surface area contributed by atoms with E-state index in [0.717, 1.165) is 11.1 Å². The summed E-state index contributed by atoms with van der Waals surface area (Å²) in [6, 6.07) is 0. The van der Waals surface area contributed by atoms with Crippen molar-refractivity contribution in [1.29, 1.82) is 0 Å². The number of rotatable bonds is 2. The van der Waals surface area contributed by atoms with E-state index in [9.17, 15) is 4.39 Å². The van der Waals surface area contributed by atoms with E-state index in [1.165, 1.54) is 6.08 Å². The number of hydrogen-bond donors (Lipinski definition) is 1. The number of thiol groups is 1. The summed E-state index contributed by atoms with van der Waals surface area (Å²) < 4.78 is 13.2. The molecule has 0 nitrogen and oxygen atoms in total. The third-order valence-corrected chi connectivity index (χ3v) is 5.22. The first-order chi connectivity index (χ1) is 11.2. The van der Waals surface area contributed by atoms with Gasteiger partial charge in [-0.05, 0) is 49.3 Å². The Morgan fingerprint density at radius 2 is 1.62 bits per heavy atom. The van der Waals surface area contributed by atoms with Gasteiger partial charge in [-0.1, -0.05) is 63.3 Å². The Hall–Kier alpha value is -0.930. The maximum absolute atomic E-state index is 13.9. The molecule has 0 saturated carbocycles. The van der Waals surface area contributed by atoms with Crippen molar-refractivity contribution in [2.45, 2.75) is 44.1 Å². The number of thioether (sulfide) groups is 1. The van der Waals surface area contributed by atoms with E-state index in [-0.39, 0.29) is 15.3 Å². The molecule has 0 amide bonds. The zero-order chi connectivity index (χ0) is 18.4. The Balaban J connectivity index is 0.00000139. The lowest BCUT2D eigenvalue weighted by atomic mass is 9.93. The number of hydrogen-bond acceptors (Lipinski definition) is 2. The molecule has 0 spiro atoms. The third kappa shape index (κ3) is 6.18. The van der Waals surface area contributed by atoms with Crippen molar-refractivity contribution in [1.82, 2.24) is 0 Å². The smallest absolute Gasteiger partial charge is 0.120 e.